The number of carboxylic acid groups (broad SMARTS) is 1. The number of benzene rings is 1. The molecule has 1 aromatic rings. The summed E-state index contributed by atoms with van der Waals surface area (Å²) in [5, 5.41) is 10.8. The molecular weight excluding hydrogens is 352 g/mol. The summed E-state index contributed by atoms with van der Waals surface area (Å²) in [7, 11) is 0. The van der Waals surface area contributed by atoms with Gasteiger partial charge in [-0.05, 0) is 6.07 Å². The lowest BCUT2D eigenvalue weighted by molar-refractivity contribution is -0.305. The molecule has 2 heterocycles. The molecular formula is C15H9N2O5S2-. The van der Waals surface area contributed by atoms with Crippen LogP contribution in [0, 0.1) is 0 Å². The van der Waals surface area contributed by atoms with Crippen molar-refractivity contribution in [2.45, 2.75) is 6.92 Å². The number of thiocarbonyl (C=S) groups is 1. The smallest absolute Gasteiger partial charge is 0.267 e. The highest BCUT2D eigenvalue weighted by atomic mass is 32.2. The van der Waals surface area contributed by atoms with Crippen LogP contribution in [0.1, 0.15) is 12.5 Å². The predicted octanol–water partition coefficient (Wildman–Crippen LogP) is -0.0990. The molecule has 2 aliphatic rings. The first-order valence-corrected chi connectivity index (χ1v) is 7.97. The summed E-state index contributed by atoms with van der Waals surface area (Å²) in [4.78, 5) is 49.6. The number of carboxylic acids is 1. The molecule has 0 radical (unpaired) electrons. The largest absolute Gasteiger partial charge is 0.548 e. The summed E-state index contributed by atoms with van der Waals surface area (Å²) >= 11 is 5.86. The number of aliphatic carboxylic acids is 1. The first-order chi connectivity index (χ1) is 11.3. The molecule has 122 valence electrons. The van der Waals surface area contributed by atoms with Crippen molar-refractivity contribution in [3.8, 4) is 0 Å². The van der Waals surface area contributed by atoms with E-state index < -0.39 is 30.2 Å². The van der Waals surface area contributed by atoms with Gasteiger partial charge in [0.15, 0.2) is 0 Å². The van der Waals surface area contributed by atoms with Crippen molar-refractivity contribution in [1.29, 1.82) is 0 Å². The van der Waals surface area contributed by atoms with Gasteiger partial charge >= 0.3 is 0 Å². The van der Waals surface area contributed by atoms with Crippen molar-refractivity contribution in [3.05, 3.63) is 34.7 Å². The Morgan fingerprint density at radius 2 is 1.88 bits per heavy atom. The molecule has 0 aliphatic carbocycles. The fraction of sp³-hybridized carbons (Fsp3) is 0.133. The fourth-order valence-electron chi connectivity index (χ4n) is 2.56. The number of amides is 3. The number of nitrogens with zero attached hydrogens (tertiary/aromatic N) is 2. The lowest BCUT2D eigenvalue weighted by Gasteiger charge is -2.14. The van der Waals surface area contributed by atoms with Crippen LogP contribution in [0.15, 0.2) is 29.2 Å². The van der Waals surface area contributed by atoms with Crippen LogP contribution in [-0.4, -0.2) is 39.5 Å². The molecule has 3 amide bonds. The minimum Gasteiger partial charge on any atom is -0.548 e. The van der Waals surface area contributed by atoms with Gasteiger partial charge in [-0.2, -0.15) is 0 Å². The molecule has 0 saturated carbocycles. The van der Waals surface area contributed by atoms with Crippen LogP contribution in [-0.2, 0) is 19.2 Å². The highest BCUT2D eigenvalue weighted by Crippen LogP contribution is 2.44. The highest BCUT2D eigenvalue weighted by Gasteiger charge is 2.43. The second-order valence-electron chi connectivity index (χ2n) is 5.01. The Hall–Kier alpha value is -2.52. The quantitative estimate of drug-likeness (QED) is 0.536. The van der Waals surface area contributed by atoms with Gasteiger partial charge in [0.05, 0.1) is 28.7 Å². The summed E-state index contributed by atoms with van der Waals surface area (Å²) in [5.41, 5.74) is 0.876. The molecule has 7 nitrogen and oxygen atoms in total. The average molecular weight is 361 g/mol. The van der Waals surface area contributed by atoms with Crippen LogP contribution in [0.25, 0.3) is 5.57 Å². The Morgan fingerprint density at radius 3 is 2.50 bits per heavy atom. The molecule has 1 aromatic carbocycles. The summed E-state index contributed by atoms with van der Waals surface area (Å²) in [6, 6.07) is 6.57. The van der Waals surface area contributed by atoms with Crippen molar-refractivity contribution in [3.63, 3.8) is 0 Å². The van der Waals surface area contributed by atoms with E-state index in [1.807, 2.05) is 0 Å². The van der Waals surface area contributed by atoms with Gasteiger partial charge in [-0.25, -0.2) is 4.90 Å². The molecule has 0 bridgehead atoms. The number of anilines is 1. The van der Waals surface area contributed by atoms with Gasteiger partial charge in [0.1, 0.15) is 4.32 Å². The van der Waals surface area contributed by atoms with Crippen LogP contribution in [0.3, 0.4) is 0 Å². The number of para-hydroxylation sites is 1. The van der Waals surface area contributed by atoms with E-state index in [1.165, 1.54) is 6.92 Å². The number of rotatable bonds is 2. The molecule has 0 spiro atoms. The second-order valence-corrected chi connectivity index (χ2v) is 6.66. The molecule has 9 heteroatoms. The first-order valence-electron chi connectivity index (χ1n) is 6.75. The average Bonchev–Trinajstić information content (AvgIpc) is 2.94. The van der Waals surface area contributed by atoms with Crippen LogP contribution < -0.4 is 10.0 Å². The Kier molecular flexibility index (Phi) is 3.98. The zero-order valence-electron chi connectivity index (χ0n) is 12.3. The van der Waals surface area contributed by atoms with Crippen molar-refractivity contribution < 1.29 is 24.3 Å². The normalized spacial score (nSPS) is 20.0. The van der Waals surface area contributed by atoms with Crippen LogP contribution in [0.2, 0.25) is 0 Å². The number of hydrogen-bond acceptors (Lipinski definition) is 7. The Morgan fingerprint density at radius 1 is 1.21 bits per heavy atom. The zero-order valence-corrected chi connectivity index (χ0v) is 13.9. The Balaban J connectivity index is 2.15. The van der Waals surface area contributed by atoms with E-state index in [9.17, 15) is 24.3 Å². The number of imide groups is 1. The molecule has 1 saturated heterocycles. The lowest BCUT2D eigenvalue weighted by atomic mass is 10.1. The van der Waals surface area contributed by atoms with Crippen molar-refractivity contribution >= 4 is 63.3 Å². The lowest BCUT2D eigenvalue weighted by Crippen LogP contribution is -2.40. The van der Waals surface area contributed by atoms with Gasteiger partial charge in [0.25, 0.3) is 11.8 Å². The summed E-state index contributed by atoms with van der Waals surface area (Å²) in [6.45, 7) is 0.562. The Labute approximate surface area is 145 Å². The Bertz CT molecular complexity index is 861. The van der Waals surface area contributed by atoms with Crippen molar-refractivity contribution in [2.24, 2.45) is 0 Å². The van der Waals surface area contributed by atoms with Gasteiger partial charge < -0.3 is 9.90 Å². The number of fused-ring (bicyclic) bond motifs is 1. The molecule has 3 rings (SSSR count). The molecule has 0 atom stereocenters. The standard InChI is InChI=1S/C15H10N2O5S2/c1-7(18)17-9-5-3-2-4-8(9)11(13(17)21)12-14(22)16(6-10(19)20)15(23)24-12/h2-5H,6H2,1H3,(H,19,20)/p-1. The third-order valence-corrected chi connectivity index (χ3v) is 4.96. The minimum atomic E-state index is -1.46. The molecule has 2 aliphatic heterocycles. The minimum absolute atomic E-state index is 0.0162. The van der Waals surface area contributed by atoms with Gasteiger partial charge in [-0.15, -0.1) is 0 Å². The number of carbonyl (C=O) groups is 4. The maximum atomic E-state index is 12.7. The maximum absolute atomic E-state index is 12.7. The zero-order chi connectivity index (χ0) is 17.6. The summed E-state index contributed by atoms with van der Waals surface area (Å²) in [5.74, 6) is -3.25. The summed E-state index contributed by atoms with van der Waals surface area (Å²) < 4.78 is 0.0262. The van der Waals surface area contributed by atoms with E-state index in [4.69, 9.17) is 12.2 Å². The van der Waals surface area contributed by atoms with Crippen LogP contribution in [0.4, 0.5) is 5.69 Å². The van der Waals surface area contributed by atoms with Crippen molar-refractivity contribution in [2.75, 3.05) is 11.4 Å². The number of thioether (sulfide) groups is 1. The third kappa shape index (κ3) is 2.42. The summed E-state index contributed by atoms with van der Waals surface area (Å²) in [6.07, 6.45) is 0. The molecule has 1 fully saturated rings. The topological polar surface area (TPSA) is 97.8 Å². The number of carbonyl (C=O) groups excluding carboxylic acids is 4. The van der Waals surface area contributed by atoms with E-state index in [-0.39, 0.29) is 14.8 Å². The van der Waals surface area contributed by atoms with E-state index in [2.05, 4.69) is 0 Å². The van der Waals surface area contributed by atoms with Gasteiger partial charge in [0.2, 0.25) is 5.91 Å². The fourth-order valence-corrected chi connectivity index (χ4v) is 3.89. The van der Waals surface area contributed by atoms with Crippen molar-refractivity contribution in [1.82, 2.24) is 4.90 Å². The molecule has 0 N–H and O–H groups in total. The molecule has 0 unspecified atom stereocenters. The van der Waals surface area contributed by atoms with Gasteiger partial charge in [-0.3, -0.25) is 19.3 Å². The monoisotopic (exact) mass is 361 g/mol. The third-order valence-electron chi connectivity index (χ3n) is 3.51. The van der Waals surface area contributed by atoms with Crippen LogP contribution >= 0.6 is 24.0 Å². The number of hydrogen-bond donors (Lipinski definition) is 0. The highest BCUT2D eigenvalue weighted by molar-refractivity contribution is 8.26. The second kappa shape index (κ2) is 5.84. The van der Waals surface area contributed by atoms with Gasteiger partial charge in [-0.1, -0.05) is 42.2 Å². The van der Waals surface area contributed by atoms with E-state index in [0.717, 1.165) is 21.6 Å². The molecule has 0 aromatic heterocycles. The van der Waals surface area contributed by atoms with Crippen LogP contribution in [0.5, 0.6) is 0 Å². The predicted molar refractivity (Wildman–Crippen MR) is 88.4 cm³/mol. The maximum Gasteiger partial charge on any atom is 0.267 e. The molecule has 24 heavy (non-hydrogen) atoms. The van der Waals surface area contributed by atoms with E-state index in [0.29, 0.717) is 11.3 Å². The van der Waals surface area contributed by atoms with Gasteiger partial charge in [0, 0.05) is 12.5 Å². The first kappa shape index (κ1) is 16.3. The SMILES string of the molecule is CC(=O)N1C(=O)C(=C2SC(=S)N(CC(=O)[O-])C2=O)c2ccccc21. The van der Waals surface area contributed by atoms with E-state index in [1.54, 1.807) is 24.3 Å². The van der Waals surface area contributed by atoms with E-state index >= 15 is 0 Å².